The Labute approximate surface area is 129 Å². The fraction of sp³-hybridized carbons (Fsp3) is 0.438. The molecule has 2 aromatic rings. The first kappa shape index (κ1) is 16.0. The van der Waals surface area contributed by atoms with Crippen molar-refractivity contribution in [3.8, 4) is 17.2 Å². The average Bonchev–Trinajstić information content (AvgIpc) is 3.02. The summed E-state index contributed by atoms with van der Waals surface area (Å²) in [6.07, 6.45) is 3.01. The summed E-state index contributed by atoms with van der Waals surface area (Å²) < 4.78 is 10.8. The summed E-state index contributed by atoms with van der Waals surface area (Å²) in [5.74, 6) is 1.76. The van der Waals surface area contributed by atoms with Gasteiger partial charge in [-0.3, -0.25) is 4.79 Å². The Morgan fingerprint density at radius 1 is 1.36 bits per heavy atom. The molecule has 1 N–H and O–H groups in total. The van der Waals surface area contributed by atoms with Crippen LogP contribution in [0.4, 0.5) is 0 Å². The zero-order valence-electron chi connectivity index (χ0n) is 13.0. The normalized spacial score (nSPS) is 10.5. The van der Waals surface area contributed by atoms with E-state index in [9.17, 15) is 4.79 Å². The summed E-state index contributed by atoms with van der Waals surface area (Å²) in [5, 5.41) is 10.9. The average molecular weight is 303 g/mol. The molecule has 6 heteroatoms. The second-order valence-electron chi connectivity index (χ2n) is 4.94. The van der Waals surface area contributed by atoms with E-state index in [4.69, 9.17) is 9.15 Å². The molecule has 0 bridgehead atoms. The number of aromatic nitrogens is 2. The van der Waals surface area contributed by atoms with E-state index in [2.05, 4.69) is 22.4 Å². The van der Waals surface area contributed by atoms with Crippen LogP contribution in [0.1, 0.15) is 32.1 Å². The Hall–Kier alpha value is -2.37. The third-order valence-electron chi connectivity index (χ3n) is 3.20. The second kappa shape index (κ2) is 8.17. The molecule has 2 rings (SSSR count). The van der Waals surface area contributed by atoms with Crippen molar-refractivity contribution in [2.24, 2.45) is 0 Å². The predicted molar refractivity (Wildman–Crippen MR) is 82.5 cm³/mol. The molecule has 0 saturated carbocycles. The standard InChI is InChI=1S/C16H21N3O3/c1-3-4-8-14(20)17-10-9-15-18-19-16(22-15)12-6-5-7-13(11-12)21-2/h5-7,11H,3-4,8-10H2,1-2H3,(H,17,20). The Morgan fingerprint density at radius 3 is 3.00 bits per heavy atom. The number of ether oxygens (including phenoxy) is 1. The van der Waals surface area contributed by atoms with E-state index in [0.717, 1.165) is 24.2 Å². The molecule has 0 saturated heterocycles. The van der Waals surface area contributed by atoms with Crippen molar-refractivity contribution in [2.75, 3.05) is 13.7 Å². The molecule has 1 amide bonds. The monoisotopic (exact) mass is 303 g/mol. The molecule has 6 nitrogen and oxygen atoms in total. The number of carbonyl (C=O) groups is 1. The maximum Gasteiger partial charge on any atom is 0.247 e. The third kappa shape index (κ3) is 4.58. The van der Waals surface area contributed by atoms with Crippen molar-refractivity contribution in [1.82, 2.24) is 15.5 Å². The molecule has 1 aromatic heterocycles. The molecule has 0 aliphatic heterocycles. The minimum Gasteiger partial charge on any atom is -0.497 e. The van der Waals surface area contributed by atoms with Gasteiger partial charge in [0.25, 0.3) is 0 Å². The van der Waals surface area contributed by atoms with Crippen molar-refractivity contribution in [1.29, 1.82) is 0 Å². The van der Waals surface area contributed by atoms with Crippen LogP contribution < -0.4 is 10.1 Å². The molecule has 0 aliphatic carbocycles. The van der Waals surface area contributed by atoms with E-state index in [1.807, 2.05) is 24.3 Å². The quantitative estimate of drug-likeness (QED) is 0.811. The minimum absolute atomic E-state index is 0.0642. The third-order valence-corrected chi connectivity index (χ3v) is 3.20. The second-order valence-corrected chi connectivity index (χ2v) is 4.94. The molecule has 0 atom stereocenters. The van der Waals surface area contributed by atoms with Gasteiger partial charge in [0.15, 0.2) is 0 Å². The van der Waals surface area contributed by atoms with Crippen LogP contribution >= 0.6 is 0 Å². The van der Waals surface area contributed by atoms with Crippen LogP contribution in [-0.2, 0) is 11.2 Å². The summed E-state index contributed by atoms with van der Waals surface area (Å²) in [4.78, 5) is 11.5. The molecule has 118 valence electrons. The predicted octanol–water partition coefficient (Wildman–Crippen LogP) is 2.59. The largest absolute Gasteiger partial charge is 0.497 e. The van der Waals surface area contributed by atoms with Gasteiger partial charge in [-0.1, -0.05) is 19.4 Å². The highest BCUT2D eigenvalue weighted by Gasteiger charge is 2.09. The van der Waals surface area contributed by atoms with E-state index in [1.165, 1.54) is 0 Å². The first-order valence-electron chi connectivity index (χ1n) is 7.46. The molecule has 22 heavy (non-hydrogen) atoms. The van der Waals surface area contributed by atoms with Gasteiger partial charge in [0.05, 0.1) is 7.11 Å². The molecule has 0 fully saturated rings. The van der Waals surface area contributed by atoms with Crippen molar-refractivity contribution in [3.63, 3.8) is 0 Å². The number of nitrogens with one attached hydrogen (secondary N) is 1. The molecule has 0 aliphatic rings. The van der Waals surface area contributed by atoms with Gasteiger partial charge >= 0.3 is 0 Å². The molecule has 0 spiro atoms. The maximum atomic E-state index is 11.5. The lowest BCUT2D eigenvalue weighted by molar-refractivity contribution is -0.121. The van der Waals surface area contributed by atoms with Gasteiger partial charge in [-0.05, 0) is 24.6 Å². The Bertz CT molecular complexity index is 610. The van der Waals surface area contributed by atoms with Crippen LogP contribution in [0.25, 0.3) is 11.5 Å². The number of carbonyl (C=O) groups excluding carboxylic acids is 1. The lowest BCUT2D eigenvalue weighted by atomic mass is 10.2. The van der Waals surface area contributed by atoms with Crippen LogP contribution in [0.2, 0.25) is 0 Å². The van der Waals surface area contributed by atoms with E-state index in [0.29, 0.717) is 31.2 Å². The Morgan fingerprint density at radius 2 is 2.23 bits per heavy atom. The van der Waals surface area contributed by atoms with Crippen molar-refractivity contribution < 1.29 is 13.9 Å². The van der Waals surface area contributed by atoms with Gasteiger partial charge in [0, 0.05) is 24.9 Å². The maximum absolute atomic E-state index is 11.5. The highest BCUT2D eigenvalue weighted by Crippen LogP contribution is 2.22. The number of hydrogen-bond donors (Lipinski definition) is 1. The van der Waals surface area contributed by atoms with E-state index < -0.39 is 0 Å². The zero-order chi connectivity index (χ0) is 15.8. The lowest BCUT2D eigenvalue weighted by Crippen LogP contribution is -2.25. The van der Waals surface area contributed by atoms with Gasteiger partial charge in [-0.25, -0.2) is 0 Å². The lowest BCUT2D eigenvalue weighted by Gasteiger charge is -2.02. The number of rotatable bonds is 8. The number of methoxy groups -OCH3 is 1. The van der Waals surface area contributed by atoms with Crippen LogP contribution in [0.3, 0.4) is 0 Å². The zero-order valence-corrected chi connectivity index (χ0v) is 13.0. The number of nitrogens with zero attached hydrogens (tertiary/aromatic N) is 2. The fourth-order valence-electron chi connectivity index (χ4n) is 1.96. The fourth-order valence-corrected chi connectivity index (χ4v) is 1.96. The summed E-state index contributed by atoms with van der Waals surface area (Å²) in [6, 6.07) is 7.44. The van der Waals surface area contributed by atoms with Crippen molar-refractivity contribution in [3.05, 3.63) is 30.2 Å². The van der Waals surface area contributed by atoms with Crippen LogP contribution in [0.15, 0.2) is 28.7 Å². The number of hydrogen-bond acceptors (Lipinski definition) is 5. The molecule has 1 heterocycles. The molecule has 1 aromatic carbocycles. The van der Waals surface area contributed by atoms with Gasteiger partial charge in [0.2, 0.25) is 17.7 Å². The molecular formula is C16H21N3O3. The van der Waals surface area contributed by atoms with Crippen molar-refractivity contribution >= 4 is 5.91 Å². The topological polar surface area (TPSA) is 77.2 Å². The van der Waals surface area contributed by atoms with Crippen LogP contribution in [0.5, 0.6) is 5.75 Å². The van der Waals surface area contributed by atoms with Gasteiger partial charge in [-0.2, -0.15) is 0 Å². The van der Waals surface area contributed by atoms with Gasteiger partial charge in [-0.15, -0.1) is 10.2 Å². The molecule has 0 unspecified atom stereocenters. The first-order chi connectivity index (χ1) is 10.7. The summed E-state index contributed by atoms with van der Waals surface area (Å²) in [6.45, 7) is 2.56. The number of amides is 1. The highest BCUT2D eigenvalue weighted by atomic mass is 16.5. The number of unbranched alkanes of at least 4 members (excludes halogenated alkanes) is 1. The summed E-state index contributed by atoms with van der Waals surface area (Å²) >= 11 is 0. The van der Waals surface area contributed by atoms with Gasteiger partial charge in [0.1, 0.15) is 5.75 Å². The Balaban J connectivity index is 1.87. The van der Waals surface area contributed by atoms with E-state index in [-0.39, 0.29) is 5.91 Å². The van der Waals surface area contributed by atoms with Crippen LogP contribution in [0, 0.1) is 0 Å². The Kier molecular flexibility index (Phi) is 5.94. The molecular weight excluding hydrogens is 282 g/mol. The van der Waals surface area contributed by atoms with Crippen molar-refractivity contribution in [2.45, 2.75) is 32.6 Å². The smallest absolute Gasteiger partial charge is 0.247 e. The number of benzene rings is 1. The van der Waals surface area contributed by atoms with E-state index in [1.54, 1.807) is 7.11 Å². The van der Waals surface area contributed by atoms with Gasteiger partial charge < -0.3 is 14.5 Å². The SMILES string of the molecule is CCCCC(=O)NCCc1nnc(-c2cccc(OC)c2)o1. The highest BCUT2D eigenvalue weighted by molar-refractivity contribution is 5.75. The summed E-state index contributed by atoms with van der Waals surface area (Å²) in [7, 11) is 1.61. The van der Waals surface area contributed by atoms with E-state index >= 15 is 0 Å². The summed E-state index contributed by atoms with van der Waals surface area (Å²) in [5.41, 5.74) is 0.810. The van der Waals surface area contributed by atoms with Crippen LogP contribution in [-0.4, -0.2) is 29.8 Å². The molecule has 0 radical (unpaired) electrons. The first-order valence-corrected chi connectivity index (χ1v) is 7.46. The minimum atomic E-state index is 0.0642.